The van der Waals surface area contributed by atoms with Gasteiger partial charge < -0.3 is 4.42 Å². The molecule has 0 unspecified atom stereocenters. The summed E-state index contributed by atoms with van der Waals surface area (Å²) in [6.07, 6.45) is 4.66. The summed E-state index contributed by atoms with van der Waals surface area (Å²) in [5.41, 5.74) is 0. The van der Waals surface area contributed by atoms with Crippen molar-refractivity contribution in [2.75, 3.05) is 13.6 Å². The Morgan fingerprint density at radius 1 is 1.42 bits per heavy atom. The van der Waals surface area contributed by atoms with Gasteiger partial charge in [0.1, 0.15) is 16.4 Å². The van der Waals surface area contributed by atoms with Gasteiger partial charge in [-0.15, -0.1) is 11.6 Å². The summed E-state index contributed by atoms with van der Waals surface area (Å²) in [4.78, 5) is 0.239. The average molecular weight is 306 g/mol. The summed E-state index contributed by atoms with van der Waals surface area (Å²) in [6.45, 7) is 2.25. The third-order valence-corrected chi connectivity index (χ3v) is 5.93. The lowest BCUT2D eigenvalue weighted by Gasteiger charge is -2.20. The molecular formula is C13H20ClNO3S. The van der Waals surface area contributed by atoms with Gasteiger partial charge in [0.25, 0.3) is 0 Å². The van der Waals surface area contributed by atoms with Crippen LogP contribution >= 0.6 is 11.6 Å². The van der Waals surface area contributed by atoms with Crippen molar-refractivity contribution in [1.29, 1.82) is 0 Å². The highest BCUT2D eigenvalue weighted by Gasteiger charge is 2.28. The van der Waals surface area contributed by atoms with Crippen LogP contribution in [0.4, 0.5) is 0 Å². The van der Waals surface area contributed by atoms with Gasteiger partial charge in [-0.2, -0.15) is 0 Å². The summed E-state index contributed by atoms with van der Waals surface area (Å²) in [6, 6.07) is 1.53. The standard InChI is InChI=1S/C13H20ClNO3S/c1-10-13(7-12(8-14)18-10)19(16,17)15(2)9-11-5-3-4-6-11/h7,11H,3-6,8-9H2,1-2H3. The number of halogens is 1. The maximum absolute atomic E-state index is 12.5. The quantitative estimate of drug-likeness (QED) is 0.785. The van der Waals surface area contributed by atoms with E-state index in [4.69, 9.17) is 16.0 Å². The Morgan fingerprint density at radius 3 is 2.58 bits per heavy atom. The summed E-state index contributed by atoms with van der Waals surface area (Å²) in [5, 5.41) is 0. The number of hydrogen-bond acceptors (Lipinski definition) is 3. The lowest BCUT2D eigenvalue weighted by atomic mass is 10.1. The first-order valence-corrected chi connectivity index (χ1v) is 8.54. The number of furan rings is 1. The zero-order valence-electron chi connectivity index (χ0n) is 11.4. The first-order chi connectivity index (χ1) is 8.95. The smallest absolute Gasteiger partial charge is 0.246 e. The van der Waals surface area contributed by atoms with E-state index in [-0.39, 0.29) is 10.8 Å². The first kappa shape index (κ1) is 14.9. The Bertz CT molecular complexity index is 532. The minimum Gasteiger partial charge on any atom is -0.464 e. The van der Waals surface area contributed by atoms with Crippen LogP contribution in [-0.2, 0) is 15.9 Å². The molecule has 0 spiro atoms. The fourth-order valence-electron chi connectivity index (χ4n) is 2.67. The van der Waals surface area contributed by atoms with E-state index in [1.54, 1.807) is 14.0 Å². The Hall–Kier alpha value is -0.520. The highest BCUT2D eigenvalue weighted by molar-refractivity contribution is 7.89. The third kappa shape index (κ3) is 3.15. The largest absolute Gasteiger partial charge is 0.464 e. The van der Waals surface area contributed by atoms with Gasteiger partial charge in [-0.3, -0.25) is 0 Å². The Balaban J connectivity index is 2.17. The van der Waals surface area contributed by atoms with Crippen molar-refractivity contribution in [1.82, 2.24) is 4.31 Å². The predicted octanol–water partition coefficient (Wildman–Crippen LogP) is 3.14. The molecule has 0 N–H and O–H groups in total. The molecule has 0 amide bonds. The fourth-order valence-corrected chi connectivity index (χ4v) is 4.23. The Kier molecular flexibility index (Phi) is 4.58. The highest BCUT2D eigenvalue weighted by atomic mass is 35.5. The van der Waals surface area contributed by atoms with E-state index in [2.05, 4.69) is 0 Å². The molecule has 2 rings (SSSR count). The van der Waals surface area contributed by atoms with Crippen molar-refractivity contribution in [2.45, 2.75) is 43.4 Å². The minimum absolute atomic E-state index is 0.183. The van der Waals surface area contributed by atoms with E-state index in [0.717, 1.165) is 12.8 Å². The van der Waals surface area contributed by atoms with E-state index in [1.807, 2.05) is 0 Å². The molecule has 1 aliphatic carbocycles. The second-order valence-corrected chi connectivity index (χ2v) is 7.48. The minimum atomic E-state index is -3.47. The summed E-state index contributed by atoms with van der Waals surface area (Å²) in [7, 11) is -1.83. The number of aryl methyl sites for hydroxylation is 1. The van der Waals surface area contributed by atoms with Crippen LogP contribution in [0.1, 0.15) is 37.2 Å². The molecule has 0 aromatic carbocycles. The molecule has 1 aliphatic rings. The fraction of sp³-hybridized carbons (Fsp3) is 0.692. The highest BCUT2D eigenvalue weighted by Crippen LogP contribution is 2.28. The molecule has 4 nitrogen and oxygen atoms in total. The van der Waals surface area contributed by atoms with Gasteiger partial charge >= 0.3 is 0 Å². The molecule has 1 aromatic rings. The molecule has 0 bridgehead atoms. The molecule has 0 atom stereocenters. The van der Waals surface area contributed by atoms with Crippen LogP contribution in [0.3, 0.4) is 0 Å². The number of rotatable bonds is 5. The monoisotopic (exact) mass is 305 g/mol. The normalized spacial score (nSPS) is 17.5. The van der Waals surface area contributed by atoms with Crippen molar-refractivity contribution < 1.29 is 12.8 Å². The molecule has 108 valence electrons. The summed E-state index contributed by atoms with van der Waals surface area (Å²) >= 11 is 5.68. The van der Waals surface area contributed by atoms with Crippen LogP contribution in [0.15, 0.2) is 15.4 Å². The molecule has 0 radical (unpaired) electrons. The molecule has 6 heteroatoms. The second kappa shape index (κ2) is 5.85. The maximum Gasteiger partial charge on any atom is 0.246 e. The Labute approximate surface area is 119 Å². The predicted molar refractivity (Wildman–Crippen MR) is 74.8 cm³/mol. The van der Waals surface area contributed by atoms with Crippen LogP contribution in [0.5, 0.6) is 0 Å². The van der Waals surface area contributed by atoms with E-state index < -0.39 is 10.0 Å². The van der Waals surface area contributed by atoms with Crippen LogP contribution in [0.2, 0.25) is 0 Å². The molecule has 0 saturated heterocycles. The molecule has 19 heavy (non-hydrogen) atoms. The molecule has 0 aliphatic heterocycles. The van der Waals surface area contributed by atoms with E-state index in [9.17, 15) is 8.42 Å². The molecular weight excluding hydrogens is 286 g/mol. The molecule has 1 heterocycles. The van der Waals surface area contributed by atoms with Gasteiger partial charge in [0.2, 0.25) is 10.0 Å². The zero-order chi connectivity index (χ0) is 14.0. The van der Waals surface area contributed by atoms with Crippen LogP contribution < -0.4 is 0 Å². The van der Waals surface area contributed by atoms with Gasteiger partial charge in [0.05, 0.1) is 5.88 Å². The van der Waals surface area contributed by atoms with Crippen molar-refractivity contribution in [3.05, 3.63) is 17.6 Å². The first-order valence-electron chi connectivity index (χ1n) is 6.56. The van der Waals surface area contributed by atoms with Crippen LogP contribution in [-0.4, -0.2) is 26.3 Å². The molecule has 1 fully saturated rings. The van der Waals surface area contributed by atoms with Crippen molar-refractivity contribution >= 4 is 21.6 Å². The van der Waals surface area contributed by atoms with E-state index in [0.29, 0.717) is 24.0 Å². The number of alkyl halides is 1. The summed E-state index contributed by atoms with van der Waals surface area (Å²) < 4.78 is 31.8. The van der Waals surface area contributed by atoms with Crippen LogP contribution in [0.25, 0.3) is 0 Å². The van der Waals surface area contributed by atoms with Crippen molar-refractivity contribution in [2.24, 2.45) is 5.92 Å². The van der Waals surface area contributed by atoms with Gasteiger partial charge in [-0.1, -0.05) is 12.8 Å². The lowest BCUT2D eigenvalue weighted by molar-refractivity contribution is 0.386. The zero-order valence-corrected chi connectivity index (χ0v) is 12.9. The van der Waals surface area contributed by atoms with Gasteiger partial charge in [0.15, 0.2) is 0 Å². The second-order valence-electron chi connectivity index (χ2n) is 5.20. The van der Waals surface area contributed by atoms with Crippen molar-refractivity contribution in [3.8, 4) is 0 Å². The SMILES string of the molecule is Cc1oc(CCl)cc1S(=O)(=O)N(C)CC1CCCC1. The Morgan fingerprint density at radius 2 is 2.05 bits per heavy atom. The summed E-state index contributed by atoms with van der Waals surface area (Å²) in [5.74, 6) is 1.57. The average Bonchev–Trinajstić information content (AvgIpc) is 2.98. The van der Waals surface area contributed by atoms with Crippen LogP contribution in [0, 0.1) is 12.8 Å². The van der Waals surface area contributed by atoms with Gasteiger partial charge in [-0.25, -0.2) is 12.7 Å². The van der Waals surface area contributed by atoms with Gasteiger partial charge in [-0.05, 0) is 25.7 Å². The van der Waals surface area contributed by atoms with Crippen molar-refractivity contribution in [3.63, 3.8) is 0 Å². The van der Waals surface area contributed by atoms with Gasteiger partial charge in [0, 0.05) is 19.7 Å². The topological polar surface area (TPSA) is 50.5 Å². The lowest BCUT2D eigenvalue weighted by Crippen LogP contribution is -2.31. The third-order valence-electron chi connectivity index (χ3n) is 3.73. The molecule has 1 aromatic heterocycles. The number of nitrogens with zero attached hydrogens (tertiary/aromatic N) is 1. The van der Waals surface area contributed by atoms with E-state index in [1.165, 1.54) is 23.2 Å². The number of sulfonamides is 1. The number of hydrogen-bond donors (Lipinski definition) is 0. The molecule has 1 saturated carbocycles. The van der Waals surface area contributed by atoms with E-state index >= 15 is 0 Å². The maximum atomic E-state index is 12.5.